The Bertz CT molecular complexity index is 598. The van der Waals surface area contributed by atoms with Crippen molar-refractivity contribution in [2.45, 2.75) is 19.4 Å². The molecule has 1 aromatic heterocycles. The van der Waals surface area contributed by atoms with Crippen LogP contribution in [0.1, 0.15) is 25.1 Å². The van der Waals surface area contributed by atoms with Crippen molar-refractivity contribution in [3.05, 3.63) is 29.0 Å². The molecule has 0 amide bonds. The van der Waals surface area contributed by atoms with E-state index in [-0.39, 0.29) is 6.04 Å². The van der Waals surface area contributed by atoms with E-state index < -0.39 is 0 Å². The summed E-state index contributed by atoms with van der Waals surface area (Å²) < 4.78 is 15.7. The molecule has 1 aromatic carbocycles. The summed E-state index contributed by atoms with van der Waals surface area (Å²) in [6.45, 7) is 1.98. The van der Waals surface area contributed by atoms with Gasteiger partial charge in [-0.1, -0.05) is 23.7 Å². The molecule has 1 heterocycles. The zero-order chi connectivity index (χ0) is 14.7. The highest BCUT2D eigenvalue weighted by Gasteiger charge is 2.18. The van der Waals surface area contributed by atoms with Gasteiger partial charge in [-0.25, -0.2) is 0 Å². The minimum Gasteiger partial charge on any atom is -0.493 e. The molecule has 0 aliphatic rings. The number of nitrogens with two attached hydrogens (primary N) is 1. The number of benzene rings is 1. The molecule has 0 saturated heterocycles. The number of nitrogens with zero attached hydrogens (tertiary/aromatic N) is 1. The Kier molecular flexibility index (Phi) is 4.52. The molecule has 0 aliphatic heterocycles. The molecule has 1 atom stereocenters. The molecule has 0 saturated carbocycles. The number of methoxy groups -OCH3 is 2. The van der Waals surface area contributed by atoms with Crippen LogP contribution in [0.15, 0.2) is 22.7 Å². The first kappa shape index (κ1) is 14.7. The minimum absolute atomic E-state index is 0.171. The maximum absolute atomic E-state index is 6.33. The summed E-state index contributed by atoms with van der Waals surface area (Å²) in [5.74, 6) is 1.67. The molecule has 1 unspecified atom stereocenters. The van der Waals surface area contributed by atoms with E-state index in [2.05, 4.69) is 5.16 Å². The molecule has 2 rings (SSSR count). The van der Waals surface area contributed by atoms with Gasteiger partial charge in [0.2, 0.25) is 0 Å². The van der Waals surface area contributed by atoms with Crippen LogP contribution in [0.25, 0.3) is 11.3 Å². The van der Waals surface area contributed by atoms with Gasteiger partial charge in [0.15, 0.2) is 17.3 Å². The van der Waals surface area contributed by atoms with Gasteiger partial charge in [0, 0.05) is 11.6 Å². The van der Waals surface area contributed by atoms with Crippen molar-refractivity contribution in [3.8, 4) is 22.8 Å². The van der Waals surface area contributed by atoms with Crippen molar-refractivity contribution in [1.29, 1.82) is 0 Å². The summed E-state index contributed by atoms with van der Waals surface area (Å²) in [6.07, 6.45) is 0.772. The highest BCUT2D eigenvalue weighted by Crippen LogP contribution is 2.41. The van der Waals surface area contributed by atoms with Crippen molar-refractivity contribution < 1.29 is 14.0 Å². The van der Waals surface area contributed by atoms with Crippen LogP contribution in [0.5, 0.6) is 11.5 Å². The average molecular weight is 297 g/mol. The van der Waals surface area contributed by atoms with Crippen molar-refractivity contribution >= 4 is 11.6 Å². The summed E-state index contributed by atoms with van der Waals surface area (Å²) in [5, 5.41) is 4.44. The zero-order valence-electron chi connectivity index (χ0n) is 11.6. The van der Waals surface area contributed by atoms with Gasteiger partial charge in [0.25, 0.3) is 0 Å². The molecule has 2 N–H and O–H groups in total. The monoisotopic (exact) mass is 296 g/mol. The highest BCUT2D eigenvalue weighted by molar-refractivity contribution is 6.35. The fraction of sp³-hybridized carbons (Fsp3) is 0.357. The average Bonchev–Trinajstić information content (AvgIpc) is 2.95. The third-order valence-corrected chi connectivity index (χ3v) is 3.47. The summed E-state index contributed by atoms with van der Waals surface area (Å²) in [4.78, 5) is 0. The predicted molar refractivity (Wildman–Crippen MR) is 77.3 cm³/mol. The van der Waals surface area contributed by atoms with Gasteiger partial charge in [-0.2, -0.15) is 0 Å². The molecule has 0 spiro atoms. The second-order valence-electron chi connectivity index (χ2n) is 4.29. The molecule has 6 heteroatoms. The van der Waals surface area contributed by atoms with E-state index in [4.69, 9.17) is 31.3 Å². The van der Waals surface area contributed by atoms with Crippen LogP contribution in [-0.2, 0) is 0 Å². The molecular weight excluding hydrogens is 280 g/mol. The summed E-state index contributed by atoms with van der Waals surface area (Å²) in [7, 11) is 3.09. The van der Waals surface area contributed by atoms with Crippen LogP contribution in [-0.4, -0.2) is 19.4 Å². The van der Waals surface area contributed by atoms with Gasteiger partial charge >= 0.3 is 0 Å². The first-order valence-corrected chi connectivity index (χ1v) is 6.63. The molecule has 5 nitrogen and oxygen atoms in total. The lowest BCUT2D eigenvalue weighted by Crippen LogP contribution is -2.06. The van der Waals surface area contributed by atoms with E-state index in [1.54, 1.807) is 19.2 Å². The first-order valence-electron chi connectivity index (χ1n) is 6.25. The number of aromatic nitrogens is 1. The van der Waals surface area contributed by atoms with Crippen LogP contribution in [0.3, 0.4) is 0 Å². The number of halogens is 1. The smallest absolute Gasteiger partial charge is 0.180 e. The number of hydrogen-bond donors (Lipinski definition) is 1. The van der Waals surface area contributed by atoms with Crippen LogP contribution >= 0.6 is 11.6 Å². The molecule has 2 aromatic rings. The molecule has 108 valence electrons. The van der Waals surface area contributed by atoms with Gasteiger partial charge in [-0.15, -0.1) is 0 Å². The van der Waals surface area contributed by atoms with E-state index in [0.29, 0.717) is 33.5 Å². The van der Waals surface area contributed by atoms with E-state index in [9.17, 15) is 0 Å². The normalized spacial score (nSPS) is 12.2. The molecule has 0 radical (unpaired) electrons. The lowest BCUT2D eigenvalue weighted by atomic mass is 10.1. The highest BCUT2D eigenvalue weighted by atomic mass is 35.5. The van der Waals surface area contributed by atoms with E-state index in [0.717, 1.165) is 6.42 Å². The molecule has 0 fully saturated rings. The van der Waals surface area contributed by atoms with Crippen molar-refractivity contribution in [1.82, 2.24) is 5.16 Å². The Morgan fingerprint density at radius 2 is 2.10 bits per heavy atom. The van der Waals surface area contributed by atoms with Gasteiger partial charge < -0.3 is 19.7 Å². The Hall–Kier alpha value is -1.72. The van der Waals surface area contributed by atoms with Gasteiger partial charge in [0.1, 0.15) is 5.69 Å². The van der Waals surface area contributed by atoms with Crippen LogP contribution < -0.4 is 15.2 Å². The molecular formula is C14H17ClN2O3. The van der Waals surface area contributed by atoms with Gasteiger partial charge in [-0.3, -0.25) is 0 Å². The Morgan fingerprint density at radius 1 is 1.35 bits per heavy atom. The fourth-order valence-corrected chi connectivity index (χ4v) is 2.21. The predicted octanol–water partition coefficient (Wildman–Crippen LogP) is 3.42. The number of rotatable bonds is 5. The van der Waals surface area contributed by atoms with Crippen LogP contribution in [0.2, 0.25) is 5.02 Å². The third-order valence-electron chi connectivity index (χ3n) is 3.09. The van der Waals surface area contributed by atoms with E-state index >= 15 is 0 Å². The minimum atomic E-state index is -0.171. The summed E-state index contributed by atoms with van der Waals surface area (Å²) >= 11 is 6.33. The molecule has 0 bridgehead atoms. The topological polar surface area (TPSA) is 70.5 Å². The summed E-state index contributed by atoms with van der Waals surface area (Å²) in [6, 6.07) is 5.20. The number of ether oxygens (including phenoxy) is 2. The standard InChI is InChI=1S/C14H17ClN2O3/c1-4-9(16)12-7-10(17-20-12)8-5-6-11(18-2)14(19-3)13(8)15/h5-7,9H,4,16H2,1-3H3. The third kappa shape index (κ3) is 2.59. The lowest BCUT2D eigenvalue weighted by Gasteiger charge is -2.11. The van der Waals surface area contributed by atoms with Crippen molar-refractivity contribution in [2.24, 2.45) is 5.73 Å². The van der Waals surface area contributed by atoms with Gasteiger partial charge in [0.05, 0.1) is 25.3 Å². The Balaban J connectivity index is 2.45. The first-order chi connectivity index (χ1) is 9.62. The second kappa shape index (κ2) is 6.15. The SMILES string of the molecule is CCC(N)c1cc(-c2ccc(OC)c(OC)c2Cl)no1. The largest absolute Gasteiger partial charge is 0.493 e. The fourth-order valence-electron chi connectivity index (χ4n) is 1.88. The lowest BCUT2D eigenvalue weighted by molar-refractivity contribution is 0.354. The quantitative estimate of drug-likeness (QED) is 0.915. The Labute approximate surface area is 122 Å². The van der Waals surface area contributed by atoms with Crippen LogP contribution in [0, 0.1) is 0 Å². The molecule has 0 aliphatic carbocycles. The van der Waals surface area contributed by atoms with E-state index in [1.807, 2.05) is 13.0 Å². The number of hydrogen-bond acceptors (Lipinski definition) is 5. The Morgan fingerprint density at radius 3 is 2.70 bits per heavy atom. The molecule has 20 heavy (non-hydrogen) atoms. The van der Waals surface area contributed by atoms with Crippen LogP contribution in [0.4, 0.5) is 0 Å². The van der Waals surface area contributed by atoms with Crippen molar-refractivity contribution in [3.63, 3.8) is 0 Å². The van der Waals surface area contributed by atoms with E-state index in [1.165, 1.54) is 7.11 Å². The van der Waals surface area contributed by atoms with Gasteiger partial charge in [-0.05, 0) is 18.6 Å². The maximum atomic E-state index is 6.33. The summed E-state index contributed by atoms with van der Waals surface area (Å²) in [5.41, 5.74) is 7.25. The maximum Gasteiger partial charge on any atom is 0.180 e. The second-order valence-corrected chi connectivity index (χ2v) is 4.67. The zero-order valence-corrected chi connectivity index (χ0v) is 12.4. The van der Waals surface area contributed by atoms with Crippen molar-refractivity contribution in [2.75, 3.05) is 14.2 Å².